The van der Waals surface area contributed by atoms with Gasteiger partial charge in [-0.3, -0.25) is 9.99 Å². The molecule has 1 fully saturated rings. The Hall–Kier alpha value is -4.99. The summed E-state index contributed by atoms with van der Waals surface area (Å²) in [5, 5.41) is 22.3. The second-order valence-corrected chi connectivity index (χ2v) is 12.7. The van der Waals surface area contributed by atoms with E-state index >= 15 is 0 Å². The highest BCUT2D eigenvalue weighted by Gasteiger charge is 2.44. The van der Waals surface area contributed by atoms with Crippen molar-refractivity contribution in [2.45, 2.75) is 52.1 Å². The standard InChI is InChI=1S/C34H36N8O/c1-7-21-18-37-30-22(17-35)15-23(16-27(30)29(21)38-20-33(2,3)4)39-31(28-19-42(41-40-28)34(5)12-13-34)25-9-8-10-26-24(25)11-14-36-32(26)43-6/h1,8-11,14-16,18-19,31,39-41H,12-13,20H2,2-6H3,(H,37,38)/t31-/m0/s1. The van der Waals surface area contributed by atoms with Gasteiger partial charge in [0.25, 0.3) is 0 Å². The molecular weight excluding hydrogens is 536 g/mol. The molecule has 4 N–H and O–H groups in total. The first-order valence-electron chi connectivity index (χ1n) is 14.4. The number of benzene rings is 2. The number of nitriles is 1. The minimum atomic E-state index is -0.311. The van der Waals surface area contributed by atoms with Gasteiger partial charge in [-0.1, -0.05) is 38.8 Å². The highest BCUT2D eigenvalue weighted by atomic mass is 16.5. The van der Waals surface area contributed by atoms with Crippen molar-refractivity contribution < 1.29 is 4.74 Å². The van der Waals surface area contributed by atoms with E-state index in [1.165, 1.54) is 0 Å². The Bertz CT molecular complexity index is 1840. The van der Waals surface area contributed by atoms with Gasteiger partial charge in [0.2, 0.25) is 5.88 Å². The first-order valence-corrected chi connectivity index (χ1v) is 14.4. The molecule has 1 atom stereocenters. The summed E-state index contributed by atoms with van der Waals surface area (Å²) >= 11 is 0. The number of nitrogens with zero attached hydrogens (tertiary/aromatic N) is 4. The summed E-state index contributed by atoms with van der Waals surface area (Å²) in [6.45, 7) is 9.42. The Kier molecular flexibility index (Phi) is 7.00. The van der Waals surface area contributed by atoms with Crippen LogP contribution in [0.15, 0.2) is 60.7 Å². The van der Waals surface area contributed by atoms with Gasteiger partial charge < -0.3 is 20.8 Å². The summed E-state index contributed by atoms with van der Waals surface area (Å²) in [5.74, 6) is 3.34. The number of methoxy groups -OCH3 is 1. The van der Waals surface area contributed by atoms with Crippen LogP contribution in [0, 0.1) is 29.1 Å². The fraction of sp³-hybridized carbons (Fsp3) is 0.324. The molecule has 43 heavy (non-hydrogen) atoms. The van der Waals surface area contributed by atoms with Crippen LogP contribution in [-0.4, -0.2) is 34.2 Å². The molecule has 3 heterocycles. The van der Waals surface area contributed by atoms with Gasteiger partial charge in [-0.25, -0.2) is 4.98 Å². The highest BCUT2D eigenvalue weighted by Crippen LogP contribution is 2.43. The van der Waals surface area contributed by atoms with E-state index in [9.17, 15) is 5.26 Å². The van der Waals surface area contributed by atoms with Crippen molar-refractivity contribution in [2.24, 2.45) is 5.41 Å². The van der Waals surface area contributed by atoms with Crippen LogP contribution in [0.4, 0.5) is 11.4 Å². The molecule has 0 bridgehead atoms. The van der Waals surface area contributed by atoms with Gasteiger partial charge in [-0.15, -0.1) is 12.0 Å². The molecule has 9 heteroatoms. The minimum absolute atomic E-state index is 0.0163. The topological polar surface area (TPSA) is 110 Å². The molecule has 0 radical (unpaired) electrons. The number of hydrogen-bond acceptors (Lipinski definition) is 9. The first-order chi connectivity index (χ1) is 20.6. The predicted octanol–water partition coefficient (Wildman–Crippen LogP) is 5.97. The van der Waals surface area contributed by atoms with Gasteiger partial charge in [0.15, 0.2) is 0 Å². The van der Waals surface area contributed by atoms with Crippen molar-refractivity contribution >= 4 is 33.1 Å². The fourth-order valence-electron chi connectivity index (χ4n) is 5.42. The average molecular weight is 573 g/mol. The lowest BCUT2D eigenvalue weighted by atomic mass is 9.95. The van der Waals surface area contributed by atoms with Gasteiger partial charge in [0.1, 0.15) is 6.07 Å². The first kappa shape index (κ1) is 28.1. The van der Waals surface area contributed by atoms with E-state index in [1.54, 1.807) is 19.5 Å². The van der Waals surface area contributed by atoms with E-state index in [1.807, 2.05) is 30.3 Å². The molecule has 0 saturated heterocycles. The molecule has 2 aromatic heterocycles. The average Bonchev–Trinajstić information content (AvgIpc) is 3.55. The molecule has 0 amide bonds. The summed E-state index contributed by atoms with van der Waals surface area (Å²) in [6, 6.07) is 14.0. The number of fused-ring (bicyclic) bond motifs is 2. The summed E-state index contributed by atoms with van der Waals surface area (Å²) < 4.78 is 5.59. The van der Waals surface area contributed by atoms with E-state index in [-0.39, 0.29) is 17.0 Å². The molecule has 1 saturated carbocycles. The molecule has 1 aliphatic carbocycles. The summed E-state index contributed by atoms with van der Waals surface area (Å²) in [5.41, 5.74) is 12.1. The third kappa shape index (κ3) is 5.36. The number of aromatic nitrogens is 2. The zero-order valence-electron chi connectivity index (χ0n) is 25.2. The van der Waals surface area contributed by atoms with Crippen molar-refractivity contribution in [3.8, 4) is 24.3 Å². The lowest BCUT2D eigenvalue weighted by Gasteiger charge is -2.24. The van der Waals surface area contributed by atoms with Crippen LogP contribution in [0.5, 0.6) is 5.88 Å². The lowest BCUT2D eigenvalue weighted by Crippen LogP contribution is -2.43. The number of pyridine rings is 2. The number of hydrazine groups is 2. The molecule has 1 aliphatic heterocycles. The maximum absolute atomic E-state index is 10.2. The van der Waals surface area contributed by atoms with Crippen LogP contribution in [0.25, 0.3) is 21.7 Å². The van der Waals surface area contributed by atoms with Gasteiger partial charge in [0, 0.05) is 41.6 Å². The molecule has 2 aromatic carbocycles. The lowest BCUT2D eigenvalue weighted by molar-refractivity contribution is 0.190. The van der Waals surface area contributed by atoms with Gasteiger partial charge in [0.05, 0.1) is 46.7 Å². The largest absolute Gasteiger partial charge is 0.481 e. The number of nitrogens with one attached hydrogen (secondary N) is 4. The van der Waals surface area contributed by atoms with Gasteiger partial charge >= 0.3 is 0 Å². The van der Waals surface area contributed by atoms with Crippen molar-refractivity contribution in [1.82, 2.24) is 25.9 Å². The zero-order valence-corrected chi connectivity index (χ0v) is 25.2. The van der Waals surface area contributed by atoms with Gasteiger partial charge in [-0.05, 0) is 60.4 Å². The van der Waals surface area contributed by atoms with Crippen LogP contribution in [0.2, 0.25) is 0 Å². The third-order valence-corrected chi connectivity index (χ3v) is 8.12. The van der Waals surface area contributed by atoms with E-state index in [2.05, 4.69) is 88.5 Å². The summed E-state index contributed by atoms with van der Waals surface area (Å²) in [7, 11) is 1.63. The molecule has 6 rings (SSSR count). The Morgan fingerprint density at radius 3 is 2.65 bits per heavy atom. The number of ether oxygens (including phenoxy) is 1. The molecule has 218 valence electrons. The maximum Gasteiger partial charge on any atom is 0.221 e. The van der Waals surface area contributed by atoms with E-state index in [0.29, 0.717) is 29.1 Å². The van der Waals surface area contributed by atoms with Crippen LogP contribution in [0.1, 0.15) is 63.3 Å². The minimum Gasteiger partial charge on any atom is -0.481 e. The van der Waals surface area contributed by atoms with Crippen LogP contribution in [-0.2, 0) is 0 Å². The van der Waals surface area contributed by atoms with Crippen molar-refractivity contribution in [3.05, 3.63) is 77.4 Å². The Morgan fingerprint density at radius 2 is 1.95 bits per heavy atom. The van der Waals surface area contributed by atoms with E-state index in [4.69, 9.17) is 11.2 Å². The fourth-order valence-corrected chi connectivity index (χ4v) is 5.42. The Morgan fingerprint density at radius 1 is 1.14 bits per heavy atom. The quantitative estimate of drug-likeness (QED) is 0.190. The maximum atomic E-state index is 10.2. The normalized spacial score (nSPS) is 16.2. The van der Waals surface area contributed by atoms with E-state index < -0.39 is 0 Å². The number of anilines is 2. The monoisotopic (exact) mass is 572 g/mol. The number of terminal acetylenes is 1. The second-order valence-electron chi connectivity index (χ2n) is 12.7. The second kappa shape index (κ2) is 10.7. The van der Waals surface area contributed by atoms with Crippen LogP contribution < -0.4 is 26.3 Å². The number of hydrogen-bond donors (Lipinski definition) is 4. The van der Waals surface area contributed by atoms with Crippen LogP contribution >= 0.6 is 0 Å². The third-order valence-electron chi connectivity index (χ3n) is 8.12. The smallest absolute Gasteiger partial charge is 0.221 e. The molecule has 0 unspecified atom stereocenters. The Balaban J connectivity index is 1.50. The van der Waals surface area contributed by atoms with Crippen molar-refractivity contribution in [1.29, 1.82) is 5.26 Å². The van der Waals surface area contributed by atoms with Crippen LogP contribution in [0.3, 0.4) is 0 Å². The van der Waals surface area contributed by atoms with Crippen molar-refractivity contribution in [2.75, 3.05) is 24.3 Å². The SMILES string of the molecule is C#Cc1cnc2c(C#N)cc(N[C@H](C3=CN(C4(C)CC4)NN3)c3cccc4c(OC)nccc34)cc2c1NCC(C)(C)C. The molecule has 0 spiro atoms. The molecule has 9 nitrogen and oxygen atoms in total. The number of rotatable bonds is 8. The summed E-state index contributed by atoms with van der Waals surface area (Å²) in [6.07, 6.45) is 13.7. The molecule has 4 aromatic rings. The zero-order chi connectivity index (χ0) is 30.4. The Labute approximate surface area is 252 Å². The van der Waals surface area contributed by atoms with E-state index in [0.717, 1.165) is 51.6 Å². The van der Waals surface area contributed by atoms with Crippen molar-refractivity contribution in [3.63, 3.8) is 0 Å². The molecular formula is C34H36N8O. The molecule has 2 aliphatic rings. The highest BCUT2D eigenvalue weighted by molar-refractivity contribution is 5.99. The van der Waals surface area contributed by atoms with Gasteiger partial charge in [-0.2, -0.15) is 5.26 Å². The summed E-state index contributed by atoms with van der Waals surface area (Å²) in [4.78, 5) is 9.01. The predicted molar refractivity (Wildman–Crippen MR) is 171 cm³/mol.